The maximum atomic E-state index is 12.0. The molecule has 5 heteroatoms. The highest BCUT2D eigenvalue weighted by Gasteiger charge is 2.28. The summed E-state index contributed by atoms with van der Waals surface area (Å²) >= 11 is 0. The third-order valence-corrected chi connectivity index (χ3v) is 6.08. The number of likely N-dealkylation sites (N-methyl/N-ethyl adjacent to an activating group) is 1. The monoisotopic (exact) mass is 313 g/mol. The molecule has 0 saturated heterocycles. The van der Waals surface area contributed by atoms with Gasteiger partial charge < -0.3 is 10.1 Å². The van der Waals surface area contributed by atoms with E-state index in [-0.39, 0.29) is 12.4 Å². The SMILES string of the molecule is CNC(C)Cc1ccc(OCCS(=O)(=O)C(C)(C)C)cc1. The lowest BCUT2D eigenvalue weighted by Gasteiger charge is -2.19. The Kier molecular flexibility index (Phi) is 6.23. The fraction of sp³-hybridized carbons (Fsp3) is 0.625. The Bertz CT molecular complexity index is 530. The topological polar surface area (TPSA) is 55.4 Å². The smallest absolute Gasteiger partial charge is 0.158 e. The maximum Gasteiger partial charge on any atom is 0.158 e. The predicted molar refractivity (Wildman–Crippen MR) is 87.7 cm³/mol. The van der Waals surface area contributed by atoms with E-state index in [0.29, 0.717) is 11.8 Å². The van der Waals surface area contributed by atoms with Gasteiger partial charge in [0.2, 0.25) is 0 Å². The average Bonchev–Trinajstić information content (AvgIpc) is 2.39. The van der Waals surface area contributed by atoms with Gasteiger partial charge in [-0.3, -0.25) is 0 Å². The molecule has 120 valence electrons. The molecular weight excluding hydrogens is 286 g/mol. The summed E-state index contributed by atoms with van der Waals surface area (Å²) < 4.78 is 28.7. The average molecular weight is 313 g/mol. The molecule has 1 aromatic carbocycles. The van der Waals surface area contributed by atoms with Crippen LogP contribution in [0.4, 0.5) is 0 Å². The van der Waals surface area contributed by atoms with E-state index in [2.05, 4.69) is 12.2 Å². The van der Waals surface area contributed by atoms with Crippen molar-refractivity contribution in [3.8, 4) is 5.75 Å². The van der Waals surface area contributed by atoms with Crippen LogP contribution in [0.5, 0.6) is 5.75 Å². The molecule has 0 fully saturated rings. The second-order valence-electron chi connectivity index (χ2n) is 6.32. The number of benzene rings is 1. The Balaban J connectivity index is 2.51. The van der Waals surface area contributed by atoms with Gasteiger partial charge in [0.15, 0.2) is 9.84 Å². The number of sulfone groups is 1. The molecule has 1 rings (SSSR count). The lowest BCUT2D eigenvalue weighted by atomic mass is 10.1. The van der Waals surface area contributed by atoms with E-state index in [4.69, 9.17) is 4.74 Å². The summed E-state index contributed by atoms with van der Waals surface area (Å²) in [5.41, 5.74) is 1.23. The molecule has 1 atom stereocenters. The van der Waals surface area contributed by atoms with Crippen molar-refractivity contribution in [1.29, 1.82) is 0 Å². The molecule has 1 N–H and O–H groups in total. The first-order valence-corrected chi connectivity index (χ1v) is 8.92. The predicted octanol–water partition coefficient (Wildman–Crippen LogP) is 2.43. The minimum atomic E-state index is -3.13. The number of rotatable bonds is 7. The van der Waals surface area contributed by atoms with Crippen LogP contribution in [-0.4, -0.2) is 38.6 Å². The standard InChI is InChI=1S/C16H27NO3S/c1-13(17-5)12-14-6-8-15(9-7-14)20-10-11-21(18,19)16(2,3)4/h6-9,13,17H,10-12H2,1-5H3. The van der Waals surface area contributed by atoms with Gasteiger partial charge >= 0.3 is 0 Å². The first-order valence-electron chi connectivity index (χ1n) is 7.27. The van der Waals surface area contributed by atoms with E-state index in [9.17, 15) is 8.42 Å². The van der Waals surface area contributed by atoms with Crippen molar-refractivity contribution in [3.05, 3.63) is 29.8 Å². The third-order valence-electron chi connectivity index (χ3n) is 3.51. The van der Waals surface area contributed by atoms with E-state index in [1.807, 2.05) is 31.3 Å². The molecule has 1 aromatic rings. The van der Waals surface area contributed by atoms with Crippen molar-refractivity contribution in [1.82, 2.24) is 5.32 Å². The summed E-state index contributed by atoms with van der Waals surface area (Å²) in [6, 6.07) is 8.24. The number of hydrogen-bond donors (Lipinski definition) is 1. The van der Waals surface area contributed by atoms with Gasteiger partial charge in [0, 0.05) is 6.04 Å². The molecule has 0 radical (unpaired) electrons. The maximum absolute atomic E-state index is 12.0. The lowest BCUT2D eigenvalue weighted by molar-refractivity contribution is 0.339. The highest BCUT2D eigenvalue weighted by atomic mass is 32.2. The molecule has 21 heavy (non-hydrogen) atoms. The van der Waals surface area contributed by atoms with Gasteiger partial charge in [-0.05, 0) is 58.9 Å². The van der Waals surface area contributed by atoms with Crippen LogP contribution in [0.25, 0.3) is 0 Å². The van der Waals surface area contributed by atoms with E-state index < -0.39 is 14.6 Å². The highest BCUT2D eigenvalue weighted by molar-refractivity contribution is 7.92. The minimum Gasteiger partial charge on any atom is -0.493 e. The van der Waals surface area contributed by atoms with Crippen molar-refractivity contribution >= 4 is 9.84 Å². The minimum absolute atomic E-state index is 0.0367. The van der Waals surface area contributed by atoms with Gasteiger partial charge in [0.25, 0.3) is 0 Å². The van der Waals surface area contributed by atoms with Crippen molar-refractivity contribution in [3.63, 3.8) is 0 Å². The van der Waals surface area contributed by atoms with Crippen molar-refractivity contribution in [2.24, 2.45) is 0 Å². The molecule has 0 spiro atoms. The number of ether oxygens (including phenoxy) is 1. The van der Waals surface area contributed by atoms with Crippen LogP contribution in [-0.2, 0) is 16.3 Å². The molecule has 0 heterocycles. The summed E-state index contributed by atoms with van der Waals surface area (Å²) in [6.45, 7) is 7.44. The van der Waals surface area contributed by atoms with Crippen LogP contribution in [0.3, 0.4) is 0 Å². The Morgan fingerprint density at radius 2 is 1.76 bits per heavy atom. The molecule has 0 aliphatic carbocycles. The molecule has 0 amide bonds. The van der Waals surface area contributed by atoms with Crippen LogP contribution >= 0.6 is 0 Å². The zero-order valence-electron chi connectivity index (χ0n) is 13.6. The molecular formula is C16H27NO3S. The van der Waals surface area contributed by atoms with E-state index in [1.165, 1.54) is 5.56 Å². The van der Waals surface area contributed by atoms with Gasteiger partial charge in [-0.25, -0.2) is 8.42 Å². The number of nitrogens with one attached hydrogen (secondary N) is 1. The van der Waals surface area contributed by atoms with Crippen LogP contribution in [0.1, 0.15) is 33.3 Å². The zero-order chi connectivity index (χ0) is 16.1. The molecule has 1 unspecified atom stereocenters. The Morgan fingerprint density at radius 3 is 2.24 bits per heavy atom. The van der Waals surface area contributed by atoms with Gasteiger partial charge in [0.05, 0.1) is 10.5 Å². The second kappa shape index (κ2) is 7.27. The normalized spacial score (nSPS) is 14.0. The van der Waals surface area contributed by atoms with Gasteiger partial charge in [0.1, 0.15) is 12.4 Å². The molecule has 0 aliphatic rings. The highest BCUT2D eigenvalue weighted by Crippen LogP contribution is 2.17. The summed E-state index contributed by atoms with van der Waals surface area (Å²) in [6.07, 6.45) is 0.954. The van der Waals surface area contributed by atoms with Crippen LogP contribution in [0.2, 0.25) is 0 Å². The molecule has 0 aromatic heterocycles. The van der Waals surface area contributed by atoms with Crippen molar-refractivity contribution in [2.75, 3.05) is 19.4 Å². The Morgan fingerprint density at radius 1 is 1.19 bits per heavy atom. The molecule has 0 aliphatic heterocycles. The Hall–Kier alpha value is -1.07. The number of hydrogen-bond acceptors (Lipinski definition) is 4. The summed E-state index contributed by atoms with van der Waals surface area (Å²) in [4.78, 5) is 0. The van der Waals surface area contributed by atoms with E-state index in [0.717, 1.165) is 6.42 Å². The quantitative estimate of drug-likeness (QED) is 0.840. The fourth-order valence-electron chi connectivity index (χ4n) is 1.75. The fourth-order valence-corrected chi connectivity index (χ4v) is 2.67. The second-order valence-corrected chi connectivity index (χ2v) is 9.18. The summed E-state index contributed by atoms with van der Waals surface area (Å²) in [5, 5.41) is 3.20. The van der Waals surface area contributed by atoms with Gasteiger partial charge in [-0.15, -0.1) is 0 Å². The van der Waals surface area contributed by atoms with E-state index >= 15 is 0 Å². The zero-order valence-corrected chi connectivity index (χ0v) is 14.5. The van der Waals surface area contributed by atoms with Crippen molar-refractivity contribution in [2.45, 2.75) is 44.9 Å². The lowest BCUT2D eigenvalue weighted by Crippen LogP contribution is -2.32. The van der Waals surface area contributed by atoms with Gasteiger partial charge in [-0.1, -0.05) is 12.1 Å². The van der Waals surface area contributed by atoms with Crippen LogP contribution < -0.4 is 10.1 Å². The summed E-state index contributed by atoms with van der Waals surface area (Å²) in [5.74, 6) is 0.745. The first-order chi connectivity index (χ1) is 9.65. The largest absolute Gasteiger partial charge is 0.493 e. The molecule has 0 bridgehead atoms. The van der Waals surface area contributed by atoms with Gasteiger partial charge in [-0.2, -0.15) is 0 Å². The molecule has 0 saturated carbocycles. The van der Waals surface area contributed by atoms with Crippen LogP contribution in [0.15, 0.2) is 24.3 Å². The van der Waals surface area contributed by atoms with Crippen molar-refractivity contribution < 1.29 is 13.2 Å². The van der Waals surface area contributed by atoms with E-state index in [1.54, 1.807) is 20.8 Å². The Labute approximate surface area is 128 Å². The third kappa shape index (κ3) is 5.67. The van der Waals surface area contributed by atoms with Crippen LogP contribution in [0, 0.1) is 0 Å². The molecule has 4 nitrogen and oxygen atoms in total. The summed E-state index contributed by atoms with van der Waals surface area (Å²) in [7, 11) is -1.19. The first kappa shape index (κ1) is 18.0.